The fourth-order valence-electron chi connectivity index (χ4n) is 3.77. The predicted molar refractivity (Wildman–Crippen MR) is 176 cm³/mol. The summed E-state index contributed by atoms with van der Waals surface area (Å²) in [6.45, 7) is 4.09. The smallest absolute Gasteiger partial charge is 0.119 e. The summed E-state index contributed by atoms with van der Waals surface area (Å²) in [7, 11) is 0. The van der Waals surface area contributed by atoms with Gasteiger partial charge in [0.05, 0.1) is 6.10 Å². The molecule has 5 rings (SSSR count). The van der Waals surface area contributed by atoms with Gasteiger partial charge in [0.25, 0.3) is 0 Å². The van der Waals surface area contributed by atoms with Crippen molar-refractivity contribution in [1.29, 1.82) is 0 Å². The molecule has 1 nitrogen and oxygen atoms in total. The minimum absolute atomic E-state index is 0.189. The number of ether oxygens (including phenoxy) is 1. The zero-order valence-electron chi connectivity index (χ0n) is 22.6. The first kappa shape index (κ1) is 29.2. The molecule has 5 aromatic carbocycles. The summed E-state index contributed by atoms with van der Waals surface area (Å²) < 4.78 is 5.74. The van der Waals surface area contributed by atoms with Crippen LogP contribution in [0.3, 0.4) is 0 Å². The summed E-state index contributed by atoms with van der Waals surface area (Å²) in [5.74, 6) is 0.913. The number of rotatable bonds is 11. The van der Waals surface area contributed by atoms with E-state index in [1.807, 2.05) is 26.0 Å². The monoisotopic (exact) mass is 614 g/mol. The van der Waals surface area contributed by atoms with Crippen molar-refractivity contribution in [3.63, 3.8) is 0 Å². The van der Waals surface area contributed by atoms with Gasteiger partial charge in [-0.05, 0) is 141 Å². The summed E-state index contributed by atoms with van der Waals surface area (Å²) >= 11 is 8.93. The fraction of sp³-hybridized carbons (Fsp3) is 0.118. The Kier molecular flexibility index (Phi) is 10.6. The van der Waals surface area contributed by atoms with Crippen LogP contribution < -0.4 is 4.74 Å². The standard InChI is InChI=1S/C34H30OS5/c1-24(2)35-25-4-6-27(7-5-25)37-29-12-14-31(15-13-29)39-33-20-22-34(23-21-33)40-32-18-16-30(17-19-32)38-28-10-8-26(36-3)9-11-28/h4-24H,1-3H3. The molecule has 202 valence electrons. The van der Waals surface area contributed by atoms with Crippen LogP contribution in [-0.2, 0) is 0 Å². The molecule has 0 aliphatic carbocycles. The third-order valence-corrected chi connectivity index (χ3v) is 10.5. The Balaban J connectivity index is 1.11. The molecule has 0 heterocycles. The zero-order valence-corrected chi connectivity index (χ0v) is 26.7. The highest BCUT2D eigenvalue weighted by atomic mass is 32.2. The molecule has 5 aromatic rings. The first-order valence-corrected chi connectivity index (χ1v) is 17.4. The Labute approximate surface area is 259 Å². The number of hydrogen-bond acceptors (Lipinski definition) is 6. The molecule has 0 N–H and O–H groups in total. The molecule has 0 radical (unpaired) electrons. The van der Waals surface area contributed by atoms with E-state index in [1.54, 1.807) is 58.8 Å². The molecule has 0 aromatic heterocycles. The van der Waals surface area contributed by atoms with Gasteiger partial charge in [0, 0.05) is 44.1 Å². The van der Waals surface area contributed by atoms with Crippen LogP contribution in [0.25, 0.3) is 0 Å². The van der Waals surface area contributed by atoms with Crippen LogP contribution in [0.15, 0.2) is 165 Å². The molecule has 0 saturated carbocycles. The van der Waals surface area contributed by atoms with Crippen LogP contribution in [0.2, 0.25) is 0 Å². The maximum absolute atomic E-state index is 5.74. The lowest BCUT2D eigenvalue weighted by atomic mass is 10.3. The van der Waals surface area contributed by atoms with Gasteiger partial charge in [0.2, 0.25) is 0 Å². The molecular weight excluding hydrogens is 585 g/mol. The SMILES string of the molecule is CSc1ccc(Sc2ccc(Sc3ccc(Sc4ccc(Sc5ccc(OC(C)C)cc5)cc4)cc3)cc2)cc1. The van der Waals surface area contributed by atoms with Crippen molar-refractivity contribution < 1.29 is 4.74 Å². The minimum Gasteiger partial charge on any atom is -0.491 e. The lowest BCUT2D eigenvalue weighted by Crippen LogP contribution is -2.04. The van der Waals surface area contributed by atoms with E-state index in [9.17, 15) is 0 Å². The van der Waals surface area contributed by atoms with Crippen molar-refractivity contribution in [2.75, 3.05) is 6.26 Å². The third-order valence-electron chi connectivity index (χ3n) is 5.67. The molecule has 0 spiro atoms. The van der Waals surface area contributed by atoms with Crippen LogP contribution in [0.5, 0.6) is 5.75 Å². The molecule has 40 heavy (non-hydrogen) atoms. The van der Waals surface area contributed by atoms with Crippen LogP contribution in [0.4, 0.5) is 0 Å². The molecule has 6 heteroatoms. The topological polar surface area (TPSA) is 9.23 Å². The Morgan fingerprint density at radius 3 is 0.825 bits per heavy atom. The Morgan fingerprint density at radius 2 is 0.600 bits per heavy atom. The Bertz CT molecular complexity index is 1480. The van der Waals surface area contributed by atoms with Crippen molar-refractivity contribution in [1.82, 2.24) is 0 Å². The van der Waals surface area contributed by atoms with Crippen molar-refractivity contribution in [2.24, 2.45) is 0 Å². The summed E-state index contributed by atoms with van der Waals surface area (Å²) in [5, 5.41) is 0. The highest BCUT2D eigenvalue weighted by Crippen LogP contribution is 2.36. The first-order chi connectivity index (χ1) is 19.5. The van der Waals surface area contributed by atoms with Gasteiger partial charge in [-0.3, -0.25) is 0 Å². The van der Waals surface area contributed by atoms with Crippen molar-refractivity contribution in [3.05, 3.63) is 121 Å². The van der Waals surface area contributed by atoms with Gasteiger partial charge in [-0.15, -0.1) is 11.8 Å². The average Bonchev–Trinajstić information content (AvgIpc) is 2.97. The number of thioether (sulfide) groups is 1. The summed E-state index contributed by atoms with van der Waals surface area (Å²) in [4.78, 5) is 11.2. The summed E-state index contributed by atoms with van der Waals surface area (Å²) in [6.07, 6.45) is 2.30. The van der Waals surface area contributed by atoms with Gasteiger partial charge < -0.3 is 4.74 Å². The molecule has 0 amide bonds. The highest BCUT2D eigenvalue weighted by molar-refractivity contribution is 8.00. The molecule has 0 bridgehead atoms. The minimum atomic E-state index is 0.189. The van der Waals surface area contributed by atoms with E-state index in [0.717, 1.165) is 5.75 Å². The van der Waals surface area contributed by atoms with Crippen LogP contribution >= 0.6 is 58.8 Å². The quantitative estimate of drug-likeness (QED) is 0.136. The van der Waals surface area contributed by atoms with E-state index in [-0.39, 0.29) is 6.10 Å². The number of hydrogen-bond donors (Lipinski definition) is 0. The van der Waals surface area contributed by atoms with Crippen LogP contribution in [0, 0.1) is 0 Å². The van der Waals surface area contributed by atoms with E-state index in [0.29, 0.717) is 0 Å². The molecule has 0 aliphatic rings. The maximum Gasteiger partial charge on any atom is 0.119 e. The van der Waals surface area contributed by atoms with Crippen molar-refractivity contribution in [3.8, 4) is 5.75 Å². The molecule has 0 atom stereocenters. The second kappa shape index (κ2) is 14.5. The van der Waals surface area contributed by atoms with E-state index in [1.165, 1.54) is 44.1 Å². The lowest BCUT2D eigenvalue weighted by Gasteiger charge is -2.10. The van der Waals surface area contributed by atoms with E-state index in [4.69, 9.17) is 4.74 Å². The van der Waals surface area contributed by atoms with Gasteiger partial charge in [0.15, 0.2) is 0 Å². The van der Waals surface area contributed by atoms with Gasteiger partial charge in [0.1, 0.15) is 5.75 Å². The zero-order chi connectivity index (χ0) is 27.7. The van der Waals surface area contributed by atoms with Gasteiger partial charge in [-0.25, -0.2) is 0 Å². The average molecular weight is 615 g/mol. The Hall–Kier alpha value is -2.35. The van der Waals surface area contributed by atoms with Crippen molar-refractivity contribution >= 4 is 58.8 Å². The fourth-order valence-corrected chi connectivity index (χ4v) is 7.45. The van der Waals surface area contributed by atoms with E-state index < -0.39 is 0 Å². The molecule has 0 fully saturated rings. The van der Waals surface area contributed by atoms with Gasteiger partial charge >= 0.3 is 0 Å². The van der Waals surface area contributed by atoms with Crippen LogP contribution in [-0.4, -0.2) is 12.4 Å². The Morgan fingerprint density at radius 1 is 0.375 bits per heavy atom. The van der Waals surface area contributed by atoms with Gasteiger partial charge in [-0.2, -0.15) is 0 Å². The molecule has 0 saturated heterocycles. The summed E-state index contributed by atoms with van der Waals surface area (Å²) in [5.41, 5.74) is 0. The van der Waals surface area contributed by atoms with Crippen LogP contribution in [0.1, 0.15) is 13.8 Å². The lowest BCUT2D eigenvalue weighted by molar-refractivity contribution is 0.242. The molecule has 0 aliphatic heterocycles. The largest absolute Gasteiger partial charge is 0.491 e. The molecular formula is C34H30OS5. The maximum atomic E-state index is 5.74. The highest BCUT2D eigenvalue weighted by Gasteiger charge is 2.04. The second-order valence-electron chi connectivity index (χ2n) is 9.14. The van der Waals surface area contributed by atoms with E-state index in [2.05, 4.69) is 115 Å². The third kappa shape index (κ3) is 8.82. The van der Waals surface area contributed by atoms with E-state index >= 15 is 0 Å². The predicted octanol–water partition coefficient (Wildman–Crippen LogP) is 11.8. The summed E-state index contributed by atoms with van der Waals surface area (Å²) in [6, 6.07) is 43.5. The number of benzene rings is 5. The normalized spacial score (nSPS) is 11.1. The van der Waals surface area contributed by atoms with Gasteiger partial charge in [-0.1, -0.05) is 47.0 Å². The first-order valence-electron chi connectivity index (χ1n) is 12.9. The molecule has 0 unspecified atom stereocenters. The van der Waals surface area contributed by atoms with Crippen molar-refractivity contribution in [2.45, 2.75) is 64.0 Å². The second-order valence-corrected chi connectivity index (χ2v) is 14.6.